The molecule has 1 rings (SSSR count). The molecule has 1 aromatic heterocycles. The molecule has 0 bridgehead atoms. The van der Waals surface area contributed by atoms with Crippen molar-refractivity contribution in [1.82, 2.24) is 10.2 Å². The third-order valence-electron chi connectivity index (χ3n) is 1.59. The number of methoxy groups -OCH3 is 1. The molecule has 6 nitrogen and oxygen atoms in total. The molecule has 1 heterocycles. The molecule has 6 heteroatoms. The number of nitrogens with one attached hydrogen (secondary N) is 1. The van der Waals surface area contributed by atoms with Gasteiger partial charge in [-0.1, -0.05) is 5.10 Å². The van der Waals surface area contributed by atoms with E-state index < -0.39 is 0 Å². The standard InChI is InChI=1S/C8H16N4O2/c1-8(2,5-13-3)10-7-12-11-6(4-9)14-7/h4-5,9H2,1-3H3,(H,10,12). The van der Waals surface area contributed by atoms with Gasteiger partial charge in [-0.15, -0.1) is 5.10 Å². The average molecular weight is 200 g/mol. The van der Waals surface area contributed by atoms with Crippen LogP contribution in [0, 0.1) is 0 Å². The molecule has 3 N–H and O–H groups in total. The molecule has 1 aromatic rings. The van der Waals surface area contributed by atoms with E-state index in [1.807, 2.05) is 13.8 Å². The van der Waals surface area contributed by atoms with Crippen molar-refractivity contribution >= 4 is 6.01 Å². The molecule has 0 aliphatic heterocycles. The third kappa shape index (κ3) is 2.97. The lowest BCUT2D eigenvalue weighted by molar-refractivity contribution is 0.156. The Hall–Kier alpha value is -1.14. The molecule has 0 saturated heterocycles. The van der Waals surface area contributed by atoms with Gasteiger partial charge in [0.15, 0.2) is 0 Å². The fourth-order valence-electron chi connectivity index (χ4n) is 1.07. The van der Waals surface area contributed by atoms with Crippen molar-refractivity contribution in [2.24, 2.45) is 5.73 Å². The topological polar surface area (TPSA) is 86.2 Å². The Morgan fingerprint density at radius 3 is 2.71 bits per heavy atom. The number of ether oxygens (including phenoxy) is 1. The van der Waals surface area contributed by atoms with E-state index in [1.165, 1.54) is 0 Å². The summed E-state index contributed by atoms with van der Waals surface area (Å²) in [5.74, 6) is 0.417. The Morgan fingerprint density at radius 2 is 2.21 bits per heavy atom. The van der Waals surface area contributed by atoms with Gasteiger partial charge in [-0.25, -0.2) is 0 Å². The number of rotatable bonds is 5. The summed E-state index contributed by atoms with van der Waals surface area (Å²) >= 11 is 0. The van der Waals surface area contributed by atoms with Gasteiger partial charge < -0.3 is 20.2 Å². The van der Waals surface area contributed by atoms with Gasteiger partial charge >= 0.3 is 6.01 Å². The predicted octanol–water partition coefficient (Wildman–Crippen LogP) is 0.365. The van der Waals surface area contributed by atoms with Gasteiger partial charge in [-0.2, -0.15) is 0 Å². The summed E-state index contributed by atoms with van der Waals surface area (Å²) in [6.45, 7) is 4.75. The van der Waals surface area contributed by atoms with Crippen molar-refractivity contribution in [2.45, 2.75) is 25.9 Å². The van der Waals surface area contributed by atoms with Crippen LogP contribution in [0.2, 0.25) is 0 Å². The Labute approximate surface area is 82.8 Å². The molecule has 0 unspecified atom stereocenters. The first-order valence-corrected chi connectivity index (χ1v) is 4.37. The van der Waals surface area contributed by atoms with Gasteiger partial charge in [0.25, 0.3) is 0 Å². The lowest BCUT2D eigenvalue weighted by atomic mass is 10.1. The maximum absolute atomic E-state index is 5.34. The third-order valence-corrected chi connectivity index (χ3v) is 1.59. The van der Waals surface area contributed by atoms with Gasteiger partial charge in [0, 0.05) is 7.11 Å². The second-order valence-corrected chi connectivity index (χ2v) is 3.65. The second-order valence-electron chi connectivity index (χ2n) is 3.65. The Morgan fingerprint density at radius 1 is 1.50 bits per heavy atom. The molecule has 0 aliphatic carbocycles. The molecular formula is C8H16N4O2. The second kappa shape index (κ2) is 4.39. The monoisotopic (exact) mass is 200 g/mol. The summed E-state index contributed by atoms with van der Waals surface area (Å²) in [5.41, 5.74) is 5.09. The van der Waals surface area contributed by atoms with Crippen LogP contribution in [0.3, 0.4) is 0 Å². The zero-order valence-electron chi connectivity index (χ0n) is 8.70. The van der Waals surface area contributed by atoms with Gasteiger partial charge in [0.1, 0.15) is 0 Å². The quantitative estimate of drug-likeness (QED) is 0.714. The minimum absolute atomic E-state index is 0.243. The lowest BCUT2D eigenvalue weighted by Crippen LogP contribution is -2.36. The van der Waals surface area contributed by atoms with Crippen LogP contribution >= 0.6 is 0 Å². The highest BCUT2D eigenvalue weighted by Crippen LogP contribution is 2.13. The summed E-state index contributed by atoms with van der Waals surface area (Å²) in [5, 5.41) is 10.6. The van der Waals surface area contributed by atoms with Crippen LogP contribution in [0.25, 0.3) is 0 Å². The highest BCUT2D eigenvalue weighted by atomic mass is 16.5. The molecule has 14 heavy (non-hydrogen) atoms. The first-order valence-electron chi connectivity index (χ1n) is 4.37. The van der Waals surface area contributed by atoms with E-state index in [0.29, 0.717) is 18.5 Å². The first-order chi connectivity index (χ1) is 6.57. The van der Waals surface area contributed by atoms with Crippen LogP contribution < -0.4 is 11.1 Å². The predicted molar refractivity (Wildman–Crippen MR) is 51.8 cm³/mol. The van der Waals surface area contributed by atoms with Crippen molar-refractivity contribution in [1.29, 1.82) is 0 Å². The number of hydrogen-bond acceptors (Lipinski definition) is 6. The molecular weight excluding hydrogens is 184 g/mol. The molecule has 80 valence electrons. The van der Waals surface area contributed by atoms with Gasteiger partial charge in [0.2, 0.25) is 5.89 Å². The Kier molecular flexibility index (Phi) is 3.43. The smallest absolute Gasteiger partial charge is 0.316 e. The van der Waals surface area contributed by atoms with Crippen molar-refractivity contribution in [3.63, 3.8) is 0 Å². The molecule has 0 atom stereocenters. The highest BCUT2D eigenvalue weighted by Gasteiger charge is 2.19. The number of aromatic nitrogens is 2. The molecule has 0 radical (unpaired) electrons. The summed E-state index contributed by atoms with van der Waals surface area (Å²) < 4.78 is 10.2. The van der Waals surface area contributed by atoms with E-state index in [4.69, 9.17) is 14.9 Å². The zero-order chi connectivity index (χ0) is 10.6. The fraction of sp³-hybridized carbons (Fsp3) is 0.750. The molecule has 0 aliphatic rings. The highest BCUT2D eigenvalue weighted by molar-refractivity contribution is 5.22. The molecule has 0 spiro atoms. The molecule has 0 saturated carbocycles. The van der Waals surface area contributed by atoms with Crippen molar-refractivity contribution in [3.05, 3.63) is 5.89 Å². The normalized spacial score (nSPS) is 11.7. The fourth-order valence-corrected chi connectivity index (χ4v) is 1.07. The number of nitrogens with zero attached hydrogens (tertiary/aromatic N) is 2. The number of nitrogens with two attached hydrogens (primary N) is 1. The van der Waals surface area contributed by atoms with Crippen molar-refractivity contribution in [2.75, 3.05) is 19.0 Å². The van der Waals surface area contributed by atoms with E-state index >= 15 is 0 Å². The van der Waals surface area contributed by atoms with E-state index in [1.54, 1.807) is 7.11 Å². The zero-order valence-corrected chi connectivity index (χ0v) is 8.70. The van der Waals surface area contributed by atoms with E-state index in [9.17, 15) is 0 Å². The summed E-state index contributed by atoms with van der Waals surface area (Å²) in [6, 6.07) is 0.368. The molecule has 0 aromatic carbocycles. The van der Waals surface area contributed by atoms with Gasteiger partial charge in [-0.3, -0.25) is 0 Å². The Bertz CT molecular complexity index is 285. The van der Waals surface area contributed by atoms with Crippen LogP contribution in [0.5, 0.6) is 0 Å². The maximum Gasteiger partial charge on any atom is 0.316 e. The van der Waals surface area contributed by atoms with Gasteiger partial charge in [-0.05, 0) is 13.8 Å². The largest absolute Gasteiger partial charge is 0.407 e. The summed E-state index contributed by atoms with van der Waals surface area (Å²) in [7, 11) is 1.64. The number of hydrogen-bond donors (Lipinski definition) is 2. The van der Waals surface area contributed by atoms with Crippen LogP contribution in [0.1, 0.15) is 19.7 Å². The Balaban J connectivity index is 2.58. The van der Waals surface area contributed by atoms with Crippen LogP contribution in [-0.2, 0) is 11.3 Å². The van der Waals surface area contributed by atoms with Crippen LogP contribution in [0.15, 0.2) is 4.42 Å². The SMILES string of the molecule is COCC(C)(C)Nc1nnc(CN)o1. The average Bonchev–Trinajstić information content (AvgIpc) is 2.51. The van der Waals surface area contributed by atoms with Crippen molar-refractivity contribution in [3.8, 4) is 0 Å². The summed E-state index contributed by atoms with van der Waals surface area (Å²) in [4.78, 5) is 0. The van der Waals surface area contributed by atoms with Crippen LogP contribution in [0.4, 0.5) is 6.01 Å². The van der Waals surface area contributed by atoms with E-state index in [-0.39, 0.29) is 12.1 Å². The van der Waals surface area contributed by atoms with Crippen molar-refractivity contribution < 1.29 is 9.15 Å². The number of anilines is 1. The minimum Gasteiger partial charge on any atom is -0.407 e. The van der Waals surface area contributed by atoms with Gasteiger partial charge in [0.05, 0.1) is 18.7 Å². The summed E-state index contributed by atoms with van der Waals surface area (Å²) in [6.07, 6.45) is 0. The van der Waals surface area contributed by atoms with E-state index in [0.717, 1.165) is 0 Å². The minimum atomic E-state index is -0.243. The maximum atomic E-state index is 5.34. The van der Waals surface area contributed by atoms with E-state index in [2.05, 4.69) is 15.5 Å². The van der Waals surface area contributed by atoms with Crippen LogP contribution in [-0.4, -0.2) is 29.5 Å². The lowest BCUT2D eigenvalue weighted by Gasteiger charge is -2.23. The molecule has 0 fully saturated rings. The molecule has 0 amide bonds. The first kappa shape index (κ1) is 10.9.